The van der Waals surface area contributed by atoms with Crippen molar-refractivity contribution in [3.63, 3.8) is 0 Å². The van der Waals surface area contributed by atoms with E-state index in [-0.39, 0.29) is 11.0 Å². The molecule has 3 nitrogen and oxygen atoms in total. The Morgan fingerprint density at radius 2 is 2.07 bits per heavy atom. The van der Waals surface area contributed by atoms with Crippen LogP contribution >= 0.6 is 0 Å². The maximum atomic E-state index is 10.8. The van der Waals surface area contributed by atoms with Crippen LogP contribution in [0.15, 0.2) is 0 Å². The number of hydrogen-bond donors (Lipinski definition) is 2. The van der Waals surface area contributed by atoms with Gasteiger partial charge >= 0.3 is 0 Å². The van der Waals surface area contributed by atoms with Crippen LogP contribution in [0.4, 0.5) is 0 Å². The minimum absolute atomic E-state index is 0.200. The monoisotopic (exact) mass is 215 g/mol. The molecule has 1 fully saturated rings. The maximum absolute atomic E-state index is 10.8. The molecule has 1 rings (SSSR count). The van der Waals surface area contributed by atoms with E-state index in [9.17, 15) is 5.11 Å². The van der Waals surface area contributed by atoms with Crippen LogP contribution in [0.3, 0.4) is 0 Å². The molecular formula is C12H25NO2. The first-order valence-electron chi connectivity index (χ1n) is 5.85. The van der Waals surface area contributed by atoms with Crippen LogP contribution in [-0.2, 0) is 4.74 Å². The standard InChI is InChI=1S/C12H25NO2/c1-5-11(4,9-13)12(14)6-7-15-10(2,3)8-12/h14H,5-9,13H2,1-4H3. The van der Waals surface area contributed by atoms with Crippen LogP contribution in [-0.4, -0.2) is 29.5 Å². The van der Waals surface area contributed by atoms with E-state index in [2.05, 4.69) is 13.8 Å². The van der Waals surface area contributed by atoms with Gasteiger partial charge in [0.2, 0.25) is 0 Å². The molecule has 2 unspecified atom stereocenters. The molecule has 0 bridgehead atoms. The summed E-state index contributed by atoms with van der Waals surface area (Å²) in [4.78, 5) is 0. The molecule has 90 valence electrons. The summed E-state index contributed by atoms with van der Waals surface area (Å²) in [5, 5.41) is 10.8. The Morgan fingerprint density at radius 3 is 2.47 bits per heavy atom. The summed E-state index contributed by atoms with van der Waals surface area (Å²) in [7, 11) is 0. The van der Waals surface area contributed by atoms with E-state index in [0.717, 1.165) is 6.42 Å². The van der Waals surface area contributed by atoms with Gasteiger partial charge in [-0.1, -0.05) is 13.8 Å². The van der Waals surface area contributed by atoms with Gasteiger partial charge in [0.1, 0.15) is 0 Å². The molecule has 0 spiro atoms. The summed E-state index contributed by atoms with van der Waals surface area (Å²) in [6.45, 7) is 9.38. The van der Waals surface area contributed by atoms with Crippen LogP contribution in [0.1, 0.15) is 47.0 Å². The zero-order valence-electron chi connectivity index (χ0n) is 10.5. The lowest BCUT2D eigenvalue weighted by Crippen LogP contribution is -2.57. The molecule has 0 saturated carbocycles. The predicted octanol–water partition coefficient (Wildman–Crippen LogP) is 1.68. The summed E-state index contributed by atoms with van der Waals surface area (Å²) >= 11 is 0. The third-order valence-electron chi connectivity index (χ3n) is 4.08. The minimum atomic E-state index is -0.682. The van der Waals surface area contributed by atoms with Crippen LogP contribution < -0.4 is 5.73 Å². The van der Waals surface area contributed by atoms with Gasteiger partial charge in [0, 0.05) is 24.8 Å². The Balaban J connectivity index is 2.90. The van der Waals surface area contributed by atoms with E-state index in [4.69, 9.17) is 10.5 Å². The fraction of sp³-hybridized carbons (Fsp3) is 1.00. The molecule has 0 aromatic carbocycles. The van der Waals surface area contributed by atoms with Crippen molar-refractivity contribution in [2.24, 2.45) is 11.1 Å². The van der Waals surface area contributed by atoms with Gasteiger partial charge in [0.05, 0.1) is 17.8 Å². The Kier molecular flexibility index (Phi) is 3.49. The topological polar surface area (TPSA) is 55.5 Å². The van der Waals surface area contributed by atoms with Crippen molar-refractivity contribution in [3.8, 4) is 0 Å². The average Bonchev–Trinajstić information content (AvgIpc) is 2.14. The van der Waals surface area contributed by atoms with Gasteiger partial charge in [-0.3, -0.25) is 0 Å². The van der Waals surface area contributed by atoms with Crippen LogP contribution in [0.25, 0.3) is 0 Å². The summed E-state index contributed by atoms with van der Waals surface area (Å²) in [5.74, 6) is 0. The van der Waals surface area contributed by atoms with Gasteiger partial charge in [-0.2, -0.15) is 0 Å². The lowest BCUT2D eigenvalue weighted by atomic mass is 9.64. The fourth-order valence-corrected chi connectivity index (χ4v) is 2.52. The highest BCUT2D eigenvalue weighted by Crippen LogP contribution is 2.45. The Bertz CT molecular complexity index is 224. The van der Waals surface area contributed by atoms with E-state index in [1.807, 2.05) is 13.8 Å². The molecule has 3 heteroatoms. The first-order valence-corrected chi connectivity index (χ1v) is 5.85. The quantitative estimate of drug-likeness (QED) is 0.753. The van der Waals surface area contributed by atoms with E-state index in [1.165, 1.54) is 0 Å². The second kappa shape index (κ2) is 4.04. The van der Waals surface area contributed by atoms with Gasteiger partial charge in [-0.15, -0.1) is 0 Å². The van der Waals surface area contributed by atoms with Gasteiger partial charge in [0.25, 0.3) is 0 Å². The molecule has 1 aliphatic rings. The van der Waals surface area contributed by atoms with Gasteiger partial charge < -0.3 is 15.6 Å². The van der Waals surface area contributed by atoms with E-state index in [0.29, 0.717) is 26.0 Å². The van der Waals surface area contributed by atoms with Crippen molar-refractivity contribution in [1.82, 2.24) is 0 Å². The van der Waals surface area contributed by atoms with Crippen molar-refractivity contribution in [2.45, 2.75) is 58.2 Å². The van der Waals surface area contributed by atoms with Gasteiger partial charge in [-0.05, 0) is 20.3 Å². The average molecular weight is 215 g/mol. The molecular weight excluding hydrogens is 190 g/mol. The largest absolute Gasteiger partial charge is 0.389 e. The van der Waals surface area contributed by atoms with Crippen LogP contribution in [0.2, 0.25) is 0 Å². The number of aliphatic hydroxyl groups is 1. The van der Waals surface area contributed by atoms with E-state index < -0.39 is 5.60 Å². The van der Waals surface area contributed by atoms with Crippen molar-refractivity contribution in [3.05, 3.63) is 0 Å². The Labute approximate surface area is 93.0 Å². The Morgan fingerprint density at radius 1 is 1.47 bits per heavy atom. The molecule has 1 saturated heterocycles. The summed E-state index contributed by atoms with van der Waals surface area (Å²) in [6.07, 6.45) is 2.26. The molecule has 1 heterocycles. The lowest BCUT2D eigenvalue weighted by Gasteiger charge is -2.51. The summed E-state index contributed by atoms with van der Waals surface area (Å²) < 4.78 is 5.64. The highest BCUT2D eigenvalue weighted by molar-refractivity contribution is 5.01. The number of rotatable bonds is 3. The first kappa shape index (κ1) is 12.9. The zero-order valence-corrected chi connectivity index (χ0v) is 10.5. The molecule has 0 amide bonds. The molecule has 0 aromatic heterocycles. The van der Waals surface area contributed by atoms with Crippen molar-refractivity contribution < 1.29 is 9.84 Å². The van der Waals surface area contributed by atoms with Crippen LogP contribution in [0.5, 0.6) is 0 Å². The normalized spacial score (nSPS) is 34.8. The second-order valence-corrected chi connectivity index (χ2v) is 5.68. The number of ether oxygens (including phenoxy) is 1. The molecule has 0 aliphatic carbocycles. The molecule has 0 aromatic rings. The number of nitrogens with two attached hydrogens (primary N) is 1. The third kappa shape index (κ3) is 2.35. The molecule has 0 radical (unpaired) electrons. The fourth-order valence-electron chi connectivity index (χ4n) is 2.52. The number of hydrogen-bond acceptors (Lipinski definition) is 3. The molecule has 3 N–H and O–H groups in total. The second-order valence-electron chi connectivity index (χ2n) is 5.68. The minimum Gasteiger partial charge on any atom is -0.389 e. The van der Waals surface area contributed by atoms with Crippen molar-refractivity contribution in [2.75, 3.05) is 13.2 Å². The molecule has 15 heavy (non-hydrogen) atoms. The summed E-state index contributed by atoms with van der Waals surface area (Å²) in [5.41, 5.74) is 4.70. The SMILES string of the molecule is CCC(C)(CN)C1(O)CCOC(C)(C)C1. The smallest absolute Gasteiger partial charge is 0.0762 e. The summed E-state index contributed by atoms with van der Waals surface area (Å²) in [6, 6.07) is 0. The van der Waals surface area contributed by atoms with Crippen molar-refractivity contribution in [1.29, 1.82) is 0 Å². The molecule has 1 aliphatic heterocycles. The maximum Gasteiger partial charge on any atom is 0.0762 e. The Hall–Kier alpha value is -0.120. The first-order chi connectivity index (χ1) is 6.79. The predicted molar refractivity (Wildman–Crippen MR) is 61.7 cm³/mol. The zero-order chi connectivity index (χ0) is 11.7. The van der Waals surface area contributed by atoms with Gasteiger partial charge in [-0.25, -0.2) is 0 Å². The molecule has 2 atom stereocenters. The van der Waals surface area contributed by atoms with Crippen molar-refractivity contribution >= 4 is 0 Å². The lowest BCUT2D eigenvalue weighted by molar-refractivity contribution is -0.190. The van der Waals surface area contributed by atoms with Crippen LogP contribution in [0, 0.1) is 5.41 Å². The van der Waals surface area contributed by atoms with E-state index in [1.54, 1.807) is 0 Å². The highest BCUT2D eigenvalue weighted by atomic mass is 16.5. The highest BCUT2D eigenvalue weighted by Gasteiger charge is 2.50. The third-order valence-corrected chi connectivity index (χ3v) is 4.08. The van der Waals surface area contributed by atoms with E-state index >= 15 is 0 Å². The van der Waals surface area contributed by atoms with Gasteiger partial charge in [0.15, 0.2) is 0 Å².